The Labute approximate surface area is 166 Å². The van der Waals surface area contributed by atoms with Gasteiger partial charge in [-0.15, -0.1) is 0 Å². The van der Waals surface area contributed by atoms with Gasteiger partial charge in [0.2, 0.25) is 0 Å². The minimum Gasteiger partial charge on any atom is -0.493 e. The van der Waals surface area contributed by atoms with Crippen molar-refractivity contribution in [2.75, 3.05) is 19.5 Å². The highest BCUT2D eigenvalue weighted by atomic mass is 16.5. The van der Waals surface area contributed by atoms with E-state index in [2.05, 4.69) is 35.4 Å². The van der Waals surface area contributed by atoms with Crippen molar-refractivity contribution in [3.8, 4) is 17.2 Å². The first-order valence-corrected chi connectivity index (χ1v) is 9.64. The first kappa shape index (κ1) is 19.9. The summed E-state index contributed by atoms with van der Waals surface area (Å²) >= 11 is 0. The minimum absolute atomic E-state index is 0.312. The summed E-state index contributed by atoms with van der Waals surface area (Å²) in [5.74, 6) is 2.54. The van der Waals surface area contributed by atoms with Crippen LogP contribution >= 0.6 is 0 Å². The Hall–Kier alpha value is -2.89. The van der Waals surface area contributed by atoms with Crippen LogP contribution in [0.25, 0.3) is 0 Å². The maximum atomic E-state index is 6.23. The molecule has 0 unspecified atom stereocenters. The largest absolute Gasteiger partial charge is 0.493 e. The van der Waals surface area contributed by atoms with Crippen LogP contribution < -0.4 is 25.3 Å². The maximum absolute atomic E-state index is 6.23. The van der Waals surface area contributed by atoms with Crippen LogP contribution in [0.15, 0.2) is 41.4 Å². The Kier molecular flexibility index (Phi) is 6.63. The van der Waals surface area contributed by atoms with Gasteiger partial charge in [0.05, 0.1) is 26.9 Å². The molecule has 0 atom stereocenters. The molecule has 3 rings (SSSR count). The SMILES string of the molecule is COc1ccc(NC(N)=NCc2ccc(C)cc2OC2CCCC2)cc1OC. The van der Waals surface area contributed by atoms with E-state index >= 15 is 0 Å². The van der Waals surface area contributed by atoms with Gasteiger partial charge in [0.15, 0.2) is 17.5 Å². The minimum atomic E-state index is 0.312. The zero-order valence-electron chi connectivity index (χ0n) is 16.8. The maximum Gasteiger partial charge on any atom is 0.193 e. The van der Waals surface area contributed by atoms with Gasteiger partial charge in [0, 0.05) is 17.3 Å². The lowest BCUT2D eigenvalue weighted by Crippen LogP contribution is -2.22. The average Bonchev–Trinajstić information content (AvgIpc) is 3.20. The van der Waals surface area contributed by atoms with Crippen LogP contribution in [0.5, 0.6) is 17.2 Å². The number of ether oxygens (including phenoxy) is 3. The molecule has 6 heteroatoms. The van der Waals surface area contributed by atoms with Gasteiger partial charge in [-0.25, -0.2) is 4.99 Å². The second-order valence-corrected chi connectivity index (χ2v) is 7.03. The zero-order chi connectivity index (χ0) is 19.9. The summed E-state index contributed by atoms with van der Waals surface area (Å²) in [5.41, 5.74) is 9.08. The van der Waals surface area contributed by atoms with Gasteiger partial charge in [-0.2, -0.15) is 0 Å². The number of anilines is 1. The van der Waals surface area contributed by atoms with Crippen molar-refractivity contribution in [1.82, 2.24) is 0 Å². The molecule has 0 bridgehead atoms. The molecule has 0 heterocycles. The Morgan fingerprint density at radius 1 is 1.04 bits per heavy atom. The van der Waals surface area contributed by atoms with E-state index in [-0.39, 0.29) is 0 Å². The molecule has 0 aromatic heterocycles. The van der Waals surface area contributed by atoms with Crippen LogP contribution in [-0.2, 0) is 6.54 Å². The summed E-state index contributed by atoms with van der Waals surface area (Å²) in [5, 5.41) is 3.09. The molecular formula is C22H29N3O3. The van der Waals surface area contributed by atoms with Crippen molar-refractivity contribution >= 4 is 11.6 Å². The summed E-state index contributed by atoms with van der Waals surface area (Å²) in [6, 6.07) is 11.7. The predicted molar refractivity (Wildman–Crippen MR) is 113 cm³/mol. The van der Waals surface area contributed by atoms with Crippen molar-refractivity contribution < 1.29 is 14.2 Å². The lowest BCUT2D eigenvalue weighted by Gasteiger charge is -2.17. The molecule has 0 radical (unpaired) electrons. The standard InChI is InChI=1S/C22H29N3O3/c1-15-8-9-16(20(12-15)28-18-6-4-5-7-18)14-24-22(23)25-17-10-11-19(26-2)21(13-17)27-3/h8-13,18H,4-7,14H2,1-3H3,(H3,23,24,25). The lowest BCUT2D eigenvalue weighted by atomic mass is 10.1. The molecule has 6 nitrogen and oxygen atoms in total. The van der Waals surface area contributed by atoms with Crippen LogP contribution in [0.1, 0.15) is 36.8 Å². The lowest BCUT2D eigenvalue weighted by molar-refractivity contribution is 0.208. The fourth-order valence-electron chi connectivity index (χ4n) is 3.36. The van der Waals surface area contributed by atoms with Crippen LogP contribution in [0, 0.1) is 6.92 Å². The summed E-state index contributed by atoms with van der Waals surface area (Å²) in [4.78, 5) is 4.48. The number of aryl methyl sites for hydroxylation is 1. The van der Waals surface area contributed by atoms with Crippen molar-refractivity contribution in [2.45, 2.75) is 45.3 Å². The molecular weight excluding hydrogens is 354 g/mol. The molecule has 3 N–H and O–H groups in total. The smallest absolute Gasteiger partial charge is 0.193 e. The number of aliphatic imine (C=N–C) groups is 1. The second kappa shape index (κ2) is 9.35. The van der Waals surface area contributed by atoms with E-state index in [9.17, 15) is 0 Å². The van der Waals surface area contributed by atoms with Gasteiger partial charge in [-0.05, 0) is 56.4 Å². The van der Waals surface area contributed by atoms with E-state index in [0.29, 0.717) is 30.1 Å². The van der Waals surface area contributed by atoms with Crippen LogP contribution in [-0.4, -0.2) is 26.3 Å². The first-order chi connectivity index (χ1) is 13.6. The molecule has 1 fully saturated rings. The molecule has 1 aliphatic carbocycles. The molecule has 2 aromatic rings. The molecule has 150 valence electrons. The number of nitrogens with zero attached hydrogens (tertiary/aromatic N) is 1. The Morgan fingerprint density at radius 3 is 2.50 bits per heavy atom. The van der Waals surface area contributed by atoms with Crippen LogP contribution in [0.4, 0.5) is 5.69 Å². The third-order valence-electron chi connectivity index (χ3n) is 4.89. The molecule has 1 saturated carbocycles. The molecule has 0 saturated heterocycles. The number of guanidine groups is 1. The monoisotopic (exact) mass is 383 g/mol. The van der Waals surface area contributed by atoms with Crippen molar-refractivity contribution in [3.63, 3.8) is 0 Å². The van der Waals surface area contributed by atoms with Gasteiger partial charge in [-0.1, -0.05) is 12.1 Å². The normalized spacial score (nSPS) is 14.8. The Balaban J connectivity index is 1.69. The van der Waals surface area contributed by atoms with Gasteiger partial charge < -0.3 is 25.3 Å². The van der Waals surface area contributed by atoms with Gasteiger partial charge in [-0.3, -0.25) is 0 Å². The third-order valence-corrected chi connectivity index (χ3v) is 4.89. The second-order valence-electron chi connectivity index (χ2n) is 7.03. The summed E-state index contributed by atoms with van der Waals surface area (Å²) in [6.45, 7) is 2.52. The van der Waals surface area contributed by atoms with Gasteiger partial charge >= 0.3 is 0 Å². The number of hydrogen-bond acceptors (Lipinski definition) is 4. The quantitative estimate of drug-likeness (QED) is 0.552. The number of hydrogen-bond donors (Lipinski definition) is 2. The average molecular weight is 383 g/mol. The summed E-state index contributed by atoms with van der Waals surface area (Å²) in [6.07, 6.45) is 5.05. The van der Waals surface area contributed by atoms with Crippen molar-refractivity contribution in [3.05, 3.63) is 47.5 Å². The first-order valence-electron chi connectivity index (χ1n) is 9.64. The van der Waals surface area contributed by atoms with E-state index in [0.717, 1.165) is 29.8 Å². The Bertz CT molecular complexity index is 830. The topological polar surface area (TPSA) is 78.1 Å². The molecule has 2 aromatic carbocycles. The number of benzene rings is 2. The zero-order valence-corrected chi connectivity index (χ0v) is 16.8. The summed E-state index contributed by atoms with van der Waals surface area (Å²) < 4.78 is 16.8. The predicted octanol–water partition coefficient (Wildman–Crippen LogP) is 4.26. The van der Waals surface area contributed by atoms with Crippen LogP contribution in [0.2, 0.25) is 0 Å². The van der Waals surface area contributed by atoms with E-state index in [1.165, 1.54) is 18.4 Å². The van der Waals surface area contributed by atoms with Crippen molar-refractivity contribution in [2.24, 2.45) is 10.7 Å². The Morgan fingerprint density at radius 2 is 1.79 bits per heavy atom. The fourth-order valence-corrected chi connectivity index (χ4v) is 3.36. The van der Waals surface area contributed by atoms with Gasteiger partial charge in [0.1, 0.15) is 5.75 Å². The highest BCUT2D eigenvalue weighted by molar-refractivity contribution is 5.92. The number of rotatable bonds is 7. The fraction of sp³-hybridized carbons (Fsp3) is 0.409. The molecule has 0 spiro atoms. The molecule has 1 aliphatic rings. The van der Waals surface area contributed by atoms with Crippen molar-refractivity contribution in [1.29, 1.82) is 0 Å². The number of nitrogens with two attached hydrogens (primary N) is 1. The van der Waals surface area contributed by atoms with E-state index < -0.39 is 0 Å². The highest BCUT2D eigenvalue weighted by Crippen LogP contribution is 2.30. The van der Waals surface area contributed by atoms with E-state index in [4.69, 9.17) is 19.9 Å². The third kappa shape index (κ3) is 5.09. The molecule has 0 amide bonds. The number of nitrogens with one attached hydrogen (secondary N) is 1. The summed E-state index contributed by atoms with van der Waals surface area (Å²) in [7, 11) is 3.20. The van der Waals surface area contributed by atoms with E-state index in [1.54, 1.807) is 14.2 Å². The molecule has 28 heavy (non-hydrogen) atoms. The molecule has 0 aliphatic heterocycles. The van der Waals surface area contributed by atoms with E-state index in [1.807, 2.05) is 18.2 Å². The van der Waals surface area contributed by atoms with Crippen LogP contribution in [0.3, 0.4) is 0 Å². The van der Waals surface area contributed by atoms with Gasteiger partial charge in [0.25, 0.3) is 0 Å². The highest BCUT2D eigenvalue weighted by Gasteiger charge is 2.18. The number of methoxy groups -OCH3 is 2.